The van der Waals surface area contributed by atoms with Gasteiger partial charge in [-0.1, -0.05) is 12.2 Å². The number of benzene rings is 1. The van der Waals surface area contributed by atoms with Crippen molar-refractivity contribution in [2.24, 2.45) is 0 Å². The van der Waals surface area contributed by atoms with Crippen LogP contribution in [0.15, 0.2) is 53.6 Å². The molecule has 1 aromatic heterocycles. The number of halogens is 2. The van der Waals surface area contributed by atoms with Gasteiger partial charge in [-0.15, -0.1) is 0 Å². The zero-order valence-electron chi connectivity index (χ0n) is 13.3. The molecule has 5 nitrogen and oxygen atoms in total. The molecule has 2 rings (SSSR count). The largest absolute Gasteiger partial charge is 0.356 e. The highest BCUT2D eigenvalue weighted by Gasteiger charge is 2.16. The van der Waals surface area contributed by atoms with Crippen LogP contribution >= 0.6 is 0 Å². The Morgan fingerprint density at radius 1 is 1.25 bits per heavy atom. The third-order valence-electron chi connectivity index (χ3n) is 3.04. The fourth-order valence-corrected chi connectivity index (χ4v) is 3.05. The van der Waals surface area contributed by atoms with Crippen LogP contribution in [0.5, 0.6) is 0 Å². The topological polar surface area (TPSA) is 62.3 Å². The number of nitrogens with one attached hydrogen (secondary N) is 1. The molecule has 0 amide bonds. The van der Waals surface area contributed by atoms with Gasteiger partial charge in [0.25, 0.3) is 10.0 Å². The maximum absolute atomic E-state index is 13.2. The highest BCUT2D eigenvalue weighted by atomic mass is 32.2. The Kier molecular flexibility index (Phi) is 5.18. The summed E-state index contributed by atoms with van der Waals surface area (Å²) in [5.74, 6) is -1.17. The molecule has 24 heavy (non-hydrogen) atoms. The minimum absolute atomic E-state index is 0.111. The summed E-state index contributed by atoms with van der Waals surface area (Å²) in [5.41, 5.74) is 0.738. The molecular weight excluding hydrogens is 336 g/mol. The van der Waals surface area contributed by atoms with E-state index in [9.17, 15) is 17.2 Å². The summed E-state index contributed by atoms with van der Waals surface area (Å²) >= 11 is 0. The lowest BCUT2D eigenvalue weighted by atomic mass is 10.3. The van der Waals surface area contributed by atoms with Crippen LogP contribution in [0.1, 0.15) is 6.92 Å². The Hall–Kier alpha value is -2.48. The van der Waals surface area contributed by atoms with E-state index in [0.717, 1.165) is 17.7 Å². The van der Waals surface area contributed by atoms with Crippen LogP contribution in [0.2, 0.25) is 0 Å². The molecule has 1 heterocycles. The third kappa shape index (κ3) is 4.51. The lowest BCUT2D eigenvalue weighted by Gasteiger charge is -2.18. The van der Waals surface area contributed by atoms with Gasteiger partial charge in [-0.2, -0.15) is 0 Å². The van der Waals surface area contributed by atoms with Crippen LogP contribution in [0, 0.1) is 11.6 Å². The average Bonchev–Trinajstić information content (AvgIpc) is 2.45. The highest BCUT2D eigenvalue weighted by molar-refractivity contribution is 7.92. The summed E-state index contributed by atoms with van der Waals surface area (Å²) in [6.07, 6.45) is 1.18. The second-order valence-electron chi connectivity index (χ2n) is 5.43. The highest BCUT2D eigenvalue weighted by Crippen LogP contribution is 2.19. The lowest BCUT2D eigenvalue weighted by molar-refractivity contribution is 0.584. The normalized spacial score (nSPS) is 11.2. The molecule has 2 aromatic rings. The number of hydrogen-bond acceptors (Lipinski definition) is 4. The summed E-state index contributed by atoms with van der Waals surface area (Å²) in [7, 11) is -2.19. The van der Waals surface area contributed by atoms with Crippen molar-refractivity contribution in [3.8, 4) is 0 Å². The Morgan fingerprint density at radius 2 is 1.88 bits per heavy atom. The first kappa shape index (κ1) is 17.9. The first-order chi connectivity index (χ1) is 11.2. The number of sulfonamides is 1. The van der Waals surface area contributed by atoms with E-state index in [-0.39, 0.29) is 10.6 Å². The van der Waals surface area contributed by atoms with Crippen molar-refractivity contribution in [3.05, 3.63) is 60.3 Å². The van der Waals surface area contributed by atoms with E-state index < -0.39 is 21.7 Å². The Labute approximate surface area is 139 Å². The molecule has 1 aromatic carbocycles. The summed E-state index contributed by atoms with van der Waals surface area (Å²) in [6, 6.07) is 5.36. The molecule has 0 bridgehead atoms. The summed E-state index contributed by atoms with van der Waals surface area (Å²) in [5, 5.41) is 0. The van der Waals surface area contributed by atoms with E-state index in [4.69, 9.17) is 0 Å². The zero-order chi connectivity index (χ0) is 17.9. The number of aromatic nitrogens is 1. The smallest absolute Gasteiger partial charge is 0.263 e. The molecule has 128 valence electrons. The van der Waals surface area contributed by atoms with Gasteiger partial charge in [-0.25, -0.2) is 22.2 Å². The summed E-state index contributed by atoms with van der Waals surface area (Å²) in [6.45, 7) is 6.26. The summed E-state index contributed by atoms with van der Waals surface area (Å²) < 4.78 is 52.9. The van der Waals surface area contributed by atoms with Crippen molar-refractivity contribution in [1.82, 2.24) is 4.98 Å². The van der Waals surface area contributed by atoms with Crippen LogP contribution in [-0.4, -0.2) is 27.0 Å². The van der Waals surface area contributed by atoms with Gasteiger partial charge in [-0.05, 0) is 31.2 Å². The standard InChI is InChI=1S/C16H17F2N3O2S/c1-11(2)10-21(3)16-5-4-15(9-19-16)24(22,23)20-14-7-12(17)6-13(18)8-14/h4-9,20H,1,10H2,2-3H3. The Balaban J connectivity index is 2.21. The van der Waals surface area contributed by atoms with E-state index in [1.54, 1.807) is 13.1 Å². The number of anilines is 2. The molecule has 0 saturated heterocycles. The van der Waals surface area contributed by atoms with Crippen molar-refractivity contribution in [3.63, 3.8) is 0 Å². The zero-order valence-corrected chi connectivity index (χ0v) is 14.1. The lowest BCUT2D eigenvalue weighted by Crippen LogP contribution is -2.20. The first-order valence-corrected chi connectivity index (χ1v) is 8.46. The predicted molar refractivity (Wildman–Crippen MR) is 89.5 cm³/mol. The van der Waals surface area contributed by atoms with Gasteiger partial charge >= 0.3 is 0 Å². The SMILES string of the molecule is C=C(C)CN(C)c1ccc(S(=O)(=O)Nc2cc(F)cc(F)c2)cn1. The van der Waals surface area contributed by atoms with Gasteiger partial charge in [0, 0.05) is 25.9 Å². The molecule has 0 spiro atoms. The van der Waals surface area contributed by atoms with Gasteiger partial charge in [0.1, 0.15) is 22.3 Å². The van der Waals surface area contributed by atoms with Gasteiger partial charge in [0.15, 0.2) is 0 Å². The maximum atomic E-state index is 13.2. The number of rotatable bonds is 6. The molecule has 0 fully saturated rings. The van der Waals surface area contributed by atoms with Crippen LogP contribution in [-0.2, 0) is 10.0 Å². The minimum atomic E-state index is -3.99. The predicted octanol–water partition coefficient (Wildman–Crippen LogP) is 3.17. The van der Waals surface area contributed by atoms with Gasteiger partial charge in [0.05, 0.1) is 5.69 Å². The van der Waals surface area contributed by atoms with E-state index >= 15 is 0 Å². The minimum Gasteiger partial charge on any atom is -0.356 e. The molecule has 0 aliphatic carbocycles. The van der Waals surface area contributed by atoms with Gasteiger partial charge < -0.3 is 4.90 Å². The van der Waals surface area contributed by atoms with Crippen molar-refractivity contribution in [2.45, 2.75) is 11.8 Å². The number of pyridine rings is 1. The van der Waals surface area contributed by atoms with Crippen molar-refractivity contribution >= 4 is 21.5 Å². The van der Waals surface area contributed by atoms with Crippen LogP contribution in [0.3, 0.4) is 0 Å². The van der Waals surface area contributed by atoms with E-state index in [2.05, 4.69) is 16.3 Å². The van der Waals surface area contributed by atoms with E-state index in [1.165, 1.54) is 12.3 Å². The molecule has 8 heteroatoms. The fraction of sp³-hybridized carbons (Fsp3) is 0.188. The van der Waals surface area contributed by atoms with Crippen LogP contribution < -0.4 is 9.62 Å². The van der Waals surface area contributed by atoms with E-state index in [1.807, 2.05) is 11.8 Å². The number of likely N-dealkylation sites (N-methyl/N-ethyl adjacent to an activating group) is 1. The Bertz CT molecular complexity index is 832. The molecule has 0 radical (unpaired) electrons. The molecule has 0 unspecified atom stereocenters. The third-order valence-corrected chi connectivity index (χ3v) is 4.41. The molecule has 0 atom stereocenters. The number of nitrogens with zero attached hydrogens (tertiary/aromatic N) is 2. The van der Waals surface area contributed by atoms with Crippen LogP contribution in [0.4, 0.5) is 20.3 Å². The maximum Gasteiger partial charge on any atom is 0.263 e. The van der Waals surface area contributed by atoms with Crippen LogP contribution in [0.25, 0.3) is 0 Å². The molecule has 0 saturated carbocycles. The molecule has 0 aliphatic heterocycles. The second kappa shape index (κ2) is 6.96. The quantitative estimate of drug-likeness (QED) is 0.811. The first-order valence-electron chi connectivity index (χ1n) is 6.98. The monoisotopic (exact) mass is 353 g/mol. The molecular formula is C16H17F2N3O2S. The van der Waals surface area contributed by atoms with Gasteiger partial charge in [-0.3, -0.25) is 4.72 Å². The number of hydrogen-bond donors (Lipinski definition) is 1. The van der Waals surface area contributed by atoms with Crippen molar-refractivity contribution < 1.29 is 17.2 Å². The van der Waals surface area contributed by atoms with Gasteiger partial charge in [0.2, 0.25) is 0 Å². The fourth-order valence-electron chi connectivity index (χ4n) is 2.07. The molecule has 0 aliphatic rings. The van der Waals surface area contributed by atoms with Crippen molar-refractivity contribution in [1.29, 1.82) is 0 Å². The average molecular weight is 353 g/mol. The summed E-state index contributed by atoms with van der Waals surface area (Å²) in [4.78, 5) is 5.79. The second-order valence-corrected chi connectivity index (χ2v) is 7.11. The van der Waals surface area contributed by atoms with Crippen molar-refractivity contribution in [2.75, 3.05) is 23.2 Å². The molecule has 1 N–H and O–H groups in total. The van der Waals surface area contributed by atoms with E-state index in [0.29, 0.717) is 18.4 Å². The Morgan fingerprint density at radius 3 is 2.38 bits per heavy atom.